The van der Waals surface area contributed by atoms with Gasteiger partial charge in [-0.15, -0.1) is 0 Å². The van der Waals surface area contributed by atoms with Crippen LogP contribution in [-0.2, 0) is 28.9 Å². The number of oxime groups is 1. The minimum absolute atomic E-state index is 0. The van der Waals surface area contributed by atoms with Gasteiger partial charge in [0.1, 0.15) is 7.11 Å². The fraction of sp³-hybridized carbons (Fsp3) is 0.462. The Morgan fingerprint density at radius 2 is 1.88 bits per heavy atom. The molecule has 0 aromatic heterocycles. The van der Waals surface area contributed by atoms with Crippen LogP contribution in [0.3, 0.4) is 0 Å². The number of rotatable bonds is 11. The summed E-state index contributed by atoms with van der Waals surface area (Å²) in [6.07, 6.45) is 7.32. The number of hydrogen-bond acceptors (Lipinski definition) is 5. The second-order valence-electron chi connectivity index (χ2n) is 8.01. The maximum Gasteiger partial charge on any atom is 0.273 e. The normalized spacial score (nSPS) is 13.3. The molecule has 6 heteroatoms. The summed E-state index contributed by atoms with van der Waals surface area (Å²) >= 11 is 0. The molecule has 0 aliphatic heterocycles. The van der Waals surface area contributed by atoms with E-state index in [9.17, 15) is 4.79 Å². The molecule has 0 atom stereocenters. The van der Waals surface area contributed by atoms with Crippen molar-refractivity contribution in [3.05, 3.63) is 58.7 Å². The summed E-state index contributed by atoms with van der Waals surface area (Å²) in [6.45, 7) is 3.28. The van der Waals surface area contributed by atoms with E-state index < -0.39 is 0 Å². The highest BCUT2D eigenvalue weighted by atomic mass is 16.6. The fourth-order valence-corrected chi connectivity index (χ4v) is 3.91. The highest BCUT2D eigenvalue weighted by Crippen LogP contribution is 2.28. The standard InChI is InChI=1S/C26H34N2O4.H2/c1-4-5-16-32-23-13-10-19(17-24(23)30-2)14-15-27-26(29)25(28-31-3)22-12-11-20-8-6-7-9-21(20)18-22;/h10-13,17-18H,4-9,14-16H2,1-3H3,(H,27,29);1H/b28-25-;. The first-order valence-corrected chi connectivity index (χ1v) is 11.5. The third-order valence-electron chi connectivity index (χ3n) is 5.70. The summed E-state index contributed by atoms with van der Waals surface area (Å²) in [6, 6.07) is 12.0. The van der Waals surface area contributed by atoms with Gasteiger partial charge >= 0.3 is 0 Å². The van der Waals surface area contributed by atoms with E-state index in [0.29, 0.717) is 31.0 Å². The van der Waals surface area contributed by atoms with E-state index in [1.165, 1.54) is 31.1 Å². The van der Waals surface area contributed by atoms with Gasteiger partial charge in [-0.05, 0) is 73.4 Å². The van der Waals surface area contributed by atoms with E-state index in [2.05, 4.69) is 29.5 Å². The van der Waals surface area contributed by atoms with Crippen molar-refractivity contribution in [3.8, 4) is 11.5 Å². The lowest BCUT2D eigenvalue weighted by Gasteiger charge is -2.17. The lowest BCUT2D eigenvalue weighted by Crippen LogP contribution is -2.33. The summed E-state index contributed by atoms with van der Waals surface area (Å²) in [4.78, 5) is 17.8. The van der Waals surface area contributed by atoms with Gasteiger partial charge in [0.05, 0.1) is 13.7 Å². The van der Waals surface area contributed by atoms with Gasteiger partial charge in [0.15, 0.2) is 17.2 Å². The zero-order valence-corrected chi connectivity index (χ0v) is 19.4. The van der Waals surface area contributed by atoms with Gasteiger partial charge in [0.25, 0.3) is 5.91 Å². The van der Waals surface area contributed by atoms with Crippen molar-refractivity contribution in [2.24, 2.45) is 5.16 Å². The molecule has 1 amide bonds. The van der Waals surface area contributed by atoms with Gasteiger partial charge in [0, 0.05) is 13.5 Å². The van der Waals surface area contributed by atoms with E-state index in [0.717, 1.165) is 42.6 Å². The second kappa shape index (κ2) is 12.1. The molecule has 0 saturated carbocycles. The minimum atomic E-state index is -0.242. The SMILES string of the molecule is CCCCOc1ccc(CCNC(=O)/C(=N\OC)c2ccc3c(c2)CCCC3)cc1OC.[HH]. The van der Waals surface area contributed by atoms with E-state index in [4.69, 9.17) is 14.3 Å². The number of amides is 1. The number of nitrogens with zero attached hydrogens (tertiary/aromatic N) is 1. The highest BCUT2D eigenvalue weighted by molar-refractivity contribution is 6.45. The van der Waals surface area contributed by atoms with Crippen molar-refractivity contribution in [2.45, 2.75) is 51.9 Å². The van der Waals surface area contributed by atoms with Gasteiger partial charge in [0.2, 0.25) is 0 Å². The molecular weight excluding hydrogens is 404 g/mol. The Bertz CT molecular complexity index is 946. The Hall–Kier alpha value is -3.02. The Balaban J connectivity index is 0.00000385. The maximum atomic E-state index is 12.8. The summed E-state index contributed by atoms with van der Waals surface area (Å²) in [5.74, 6) is 1.21. The Labute approximate surface area is 192 Å². The van der Waals surface area contributed by atoms with Crippen LogP contribution < -0.4 is 14.8 Å². The third-order valence-corrected chi connectivity index (χ3v) is 5.70. The predicted octanol–water partition coefficient (Wildman–Crippen LogP) is 4.71. The molecule has 0 saturated heterocycles. The summed E-state index contributed by atoms with van der Waals surface area (Å²) < 4.78 is 11.3. The van der Waals surface area contributed by atoms with Gasteiger partial charge in [-0.2, -0.15) is 0 Å². The van der Waals surface area contributed by atoms with Crippen LogP contribution in [0.25, 0.3) is 0 Å². The molecule has 174 valence electrons. The van der Waals surface area contributed by atoms with Gasteiger partial charge in [-0.3, -0.25) is 4.79 Å². The number of carbonyl (C=O) groups is 1. The van der Waals surface area contributed by atoms with E-state index >= 15 is 0 Å². The smallest absolute Gasteiger partial charge is 0.273 e. The van der Waals surface area contributed by atoms with Crippen molar-refractivity contribution < 1.29 is 20.5 Å². The predicted molar refractivity (Wildman–Crippen MR) is 129 cm³/mol. The molecule has 6 nitrogen and oxygen atoms in total. The molecule has 1 aliphatic carbocycles. The number of unbranched alkanes of at least 4 members (excludes halogenated alkanes) is 1. The number of aryl methyl sites for hydroxylation is 2. The quantitative estimate of drug-likeness (QED) is 0.312. The average molecular weight is 441 g/mol. The Morgan fingerprint density at radius 3 is 2.62 bits per heavy atom. The Morgan fingerprint density at radius 1 is 1.06 bits per heavy atom. The first kappa shape index (κ1) is 23.6. The molecule has 0 spiro atoms. The van der Waals surface area contributed by atoms with Gasteiger partial charge < -0.3 is 19.6 Å². The fourth-order valence-electron chi connectivity index (χ4n) is 3.91. The van der Waals surface area contributed by atoms with Crippen molar-refractivity contribution in [2.75, 3.05) is 27.4 Å². The minimum Gasteiger partial charge on any atom is -0.493 e. The summed E-state index contributed by atoms with van der Waals surface area (Å²) in [5.41, 5.74) is 4.83. The molecular formula is C26H36N2O4. The highest BCUT2D eigenvalue weighted by Gasteiger charge is 2.18. The molecule has 3 rings (SSSR count). The number of nitrogens with one attached hydrogen (secondary N) is 1. The van der Waals surface area contributed by atoms with Crippen LogP contribution in [0, 0.1) is 0 Å². The molecule has 2 aromatic carbocycles. The molecule has 0 fully saturated rings. The molecule has 32 heavy (non-hydrogen) atoms. The average Bonchev–Trinajstić information content (AvgIpc) is 2.83. The van der Waals surface area contributed by atoms with Crippen LogP contribution in [0.5, 0.6) is 11.5 Å². The van der Waals surface area contributed by atoms with Crippen molar-refractivity contribution in [3.63, 3.8) is 0 Å². The summed E-state index contributed by atoms with van der Waals surface area (Å²) in [5, 5.41) is 6.98. The monoisotopic (exact) mass is 440 g/mol. The zero-order valence-electron chi connectivity index (χ0n) is 19.4. The maximum absolute atomic E-state index is 12.8. The molecule has 0 heterocycles. The first-order chi connectivity index (χ1) is 15.7. The summed E-state index contributed by atoms with van der Waals surface area (Å²) in [7, 11) is 3.10. The largest absolute Gasteiger partial charge is 0.493 e. The molecule has 2 aromatic rings. The number of methoxy groups -OCH3 is 1. The van der Waals surface area contributed by atoms with Gasteiger partial charge in [-0.25, -0.2) is 0 Å². The topological polar surface area (TPSA) is 69.2 Å². The van der Waals surface area contributed by atoms with Crippen LogP contribution in [0.2, 0.25) is 0 Å². The van der Waals surface area contributed by atoms with Crippen LogP contribution in [0.15, 0.2) is 41.6 Å². The van der Waals surface area contributed by atoms with Crippen LogP contribution in [-0.4, -0.2) is 39.0 Å². The Kier molecular flexibility index (Phi) is 8.96. The molecule has 0 radical (unpaired) electrons. The molecule has 1 aliphatic rings. The van der Waals surface area contributed by atoms with E-state index in [-0.39, 0.29) is 7.33 Å². The number of fused-ring (bicyclic) bond motifs is 1. The van der Waals surface area contributed by atoms with Gasteiger partial charge in [-0.1, -0.05) is 36.7 Å². The molecule has 0 bridgehead atoms. The lowest BCUT2D eigenvalue weighted by molar-refractivity contribution is -0.114. The van der Waals surface area contributed by atoms with Crippen LogP contribution >= 0.6 is 0 Å². The van der Waals surface area contributed by atoms with Crippen LogP contribution in [0.4, 0.5) is 0 Å². The van der Waals surface area contributed by atoms with Crippen molar-refractivity contribution in [1.82, 2.24) is 5.32 Å². The van der Waals surface area contributed by atoms with Crippen LogP contribution in [0.1, 0.15) is 56.3 Å². The molecule has 1 N–H and O–H groups in total. The van der Waals surface area contributed by atoms with E-state index in [1.807, 2.05) is 24.3 Å². The molecule has 0 unspecified atom stereocenters. The third kappa shape index (κ3) is 6.25. The first-order valence-electron chi connectivity index (χ1n) is 11.5. The van der Waals surface area contributed by atoms with Crippen molar-refractivity contribution >= 4 is 11.6 Å². The lowest BCUT2D eigenvalue weighted by atomic mass is 9.89. The number of benzene rings is 2. The second-order valence-corrected chi connectivity index (χ2v) is 8.01. The van der Waals surface area contributed by atoms with E-state index in [1.54, 1.807) is 7.11 Å². The van der Waals surface area contributed by atoms with Crippen molar-refractivity contribution in [1.29, 1.82) is 0 Å². The number of ether oxygens (including phenoxy) is 2. The zero-order chi connectivity index (χ0) is 22.8. The number of carbonyl (C=O) groups excluding carboxylic acids is 1. The number of hydrogen-bond donors (Lipinski definition) is 1.